The molecule has 2 heterocycles. The highest BCUT2D eigenvalue weighted by molar-refractivity contribution is 6.09. The summed E-state index contributed by atoms with van der Waals surface area (Å²) in [5, 5.41) is 4.38. The molecule has 212 valence electrons. The van der Waals surface area contributed by atoms with Crippen LogP contribution in [0.3, 0.4) is 0 Å². The third-order valence-electron chi connectivity index (χ3n) is 7.62. The summed E-state index contributed by atoms with van der Waals surface area (Å²) in [6.07, 6.45) is 3.53. The van der Waals surface area contributed by atoms with Crippen LogP contribution in [0.1, 0.15) is 50.2 Å². The number of aryl methyl sites for hydroxylation is 1. The first-order valence-corrected chi connectivity index (χ1v) is 13.6. The Labute approximate surface area is 241 Å². The van der Waals surface area contributed by atoms with Crippen molar-refractivity contribution in [3.8, 4) is 17.0 Å². The number of para-hydroxylation sites is 1. The third-order valence-corrected chi connectivity index (χ3v) is 7.62. The van der Waals surface area contributed by atoms with Crippen LogP contribution in [0, 0.1) is 18.6 Å². The fourth-order valence-corrected chi connectivity index (χ4v) is 5.32. The van der Waals surface area contributed by atoms with E-state index in [9.17, 15) is 14.0 Å². The Morgan fingerprint density at radius 1 is 1.02 bits per heavy atom. The van der Waals surface area contributed by atoms with Crippen LogP contribution >= 0.6 is 0 Å². The molecule has 7 nitrogen and oxygen atoms in total. The van der Waals surface area contributed by atoms with Gasteiger partial charge >= 0.3 is 0 Å². The maximum atomic E-state index is 16.1. The number of methoxy groups -OCH3 is 1. The number of fused-ring (bicyclic) bond motifs is 1. The van der Waals surface area contributed by atoms with Gasteiger partial charge in [0, 0.05) is 29.9 Å². The monoisotopic (exact) mass is 566 g/mol. The molecule has 0 atom stereocenters. The van der Waals surface area contributed by atoms with Crippen molar-refractivity contribution in [2.75, 3.05) is 12.0 Å². The Morgan fingerprint density at radius 2 is 1.74 bits per heavy atom. The summed E-state index contributed by atoms with van der Waals surface area (Å²) in [6, 6.07) is 20.1. The van der Waals surface area contributed by atoms with E-state index in [0.717, 1.165) is 29.7 Å². The number of pyridine rings is 1. The third kappa shape index (κ3) is 4.87. The highest BCUT2D eigenvalue weighted by Crippen LogP contribution is 2.36. The largest absolute Gasteiger partial charge is 0.496 e. The van der Waals surface area contributed by atoms with Crippen LogP contribution in [-0.2, 0) is 6.42 Å². The zero-order valence-corrected chi connectivity index (χ0v) is 23.1. The van der Waals surface area contributed by atoms with Gasteiger partial charge in [-0.2, -0.15) is 5.10 Å². The molecular weight excluding hydrogens is 538 g/mol. The Bertz CT molecular complexity index is 1830. The number of hydrogen-bond acceptors (Lipinski definition) is 4. The lowest BCUT2D eigenvalue weighted by Crippen LogP contribution is -2.33. The van der Waals surface area contributed by atoms with E-state index < -0.39 is 17.5 Å². The van der Waals surface area contributed by atoms with E-state index in [-0.39, 0.29) is 35.1 Å². The molecule has 9 heteroatoms. The predicted octanol–water partition coefficient (Wildman–Crippen LogP) is 6.10. The van der Waals surface area contributed by atoms with E-state index in [1.807, 2.05) is 37.3 Å². The quantitative estimate of drug-likeness (QED) is 0.246. The summed E-state index contributed by atoms with van der Waals surface area (Å²) in [7, 11) is 1.52. The van der Waals surface area contributed by atoms with Crippen molar-refractivity contribution < 1.29 is 23.1 Å². The summed E-state index contributed by atoms with van der Waals surface area (Å²) in [5.41, 5.74) is 9.16. The Balaban J connectivity index is 1.42. The molecule has 2 N–H and O–H groups in total. The highest BCUT2D eigenvalue weighted by Gasteiger charge is 2.35. The molecule has 0 bridgehead atoms. The van der Waals surface area contributed by atoms with Crippen LogP contribution < -0.4 is 15.4 Å². The molecule has 3 aromatic carbocycles. The van der Waals surface area contributed by atoms with Gasteiger partial charge in [-0.05, 0) is 91.1 Å². The van der Waals surface area contributed by atoms with Crippen LogP contribution in [0.5, 0.6) is 5.75 Å². The van der Waals surface area contributed by atoms with Crippen molar-refractivity contribution in [1.82, 2.24) is 9.61 Å². The molecule has 42 heavy (non-hydrogen) atoms. The van der Waals surface area contributed by atoms with Gasteiger partial charge in [0.05, 0.1) is 18.2 Å². The number of primary amides is 1. The van der Waals surface area contributed by atoms with Gasteiger partial charge in [0.2, 0.25) is 0 Å². The summed E-state index contributed by atoms with van der Waals surface area (Å²) >= 11 is 0. The molecule has 1 aliphatic carbocycles. The SMILES string of the molecule is COc1cc(C)c(Cc2ccn3nc(-c4ccc(F)cc4)c(C(N)=O)c3c2F)cc1C(=O)N(c1ccccc1)C1CC1. The van der Waals surface area contributed by atoms with Gasteiger partial charge in [0.25, 0.3) is 11.8 Å². The molecule has 2 aromatic heterocycles. The number of amides is 2. The van der Waals surface area contributed by atoms with Gasteiger partial charge in [0.1, 0.15) is 22.8 Å². The van der Waals surface area contributed by atoms with Crippen LogP contribution in [0.15, 0.2) is 79.0 Å². The molecular formula is C33H28F2N4O3. The number of carbonyl (C=O) groups excluding carboxylic acids is 2. The molecule has 1 fully saturated rings. The number of anilines is 1. The summed E-state index contributed by atoms with van der Waals surface area (Å²) in [4.78, 5) is 28.2. The smallest absolute Gasteiger partial charge is 0.262 e. The predicted molar refractivity (Wildman–Crippen MR) is 156 cm³/mol. The van der Waals surface area contributed by atoms with E-state index in [1.165, 1.54) is 35.9 Å². The normalized spacial score (nSPS) is 12.9. The molecule has 0 unspecified atom stereocenters. The van der Waals surface area contributed by atoms with Crippen LogP contribution in [0.25, 0.3) is 16.8 Å². The maximum Gasteiger partial charge on any atom is 0.262 e. The van der Waals surface area contributed by atoms with Crippen LogP contribution in [0.4, 0.5) is 14.5 Å². The first-order chi connectivity index (χ1) is 20.3. The number of carbonyl (C=O) groups is 2. The number of aromatic nitrogens is 2. The first kappa shape index (κ1) is 27.1. The lowest BCUT2D eigenvalue weighted by atomic mass is 9.96. The first-order valence-electron chi connectivity index (χ1n) is 13.6. The van der Waals surface area contributed by atoms with Crippen LogP contribution in [0.2, 0.25) is 0 Å². The number of hydrogen-bond donors (Lipinski definition) is 1. The van der Waals surface area contributed by atoms with Crippen molar-refractivity contribution in [2.24, 2.45) is 5.73 Å². The number of halogens is 2. The summed E-state index contributed by atoms with van der Waals surface area (Å²) in [6.45, 7) is 1.87. The molecule has 2 amide bonds. The minimum atomic E-state index is -0.852. The Hall–Kier alpha value is -5.05. The van der Waals surface area contributed by atoms with Gasteiger partial charge < -0.3 is 15.4 Å². The van der Waals surface area contributed by atoms with Gasteiger partial charge in [-0.1, -0.05) is 18.2 Å². The van der Waals surface area contributed by atoms with E-state index in [1.54, 1.807) is 29.3 Å². The lowest BCUT2D eigenvalue weighted by Gasteiger charge is -2.24. The van der Waals surface area contributed by atoms with Crippen molar-refractivity contribution >= 4 is 23.0 Å². The molecule has 0 saturated heterocycles. The Morgan fingerprint density at radius 3 is 2.38 bits per heavy atom. The maximum absolute atomic E-state index is 16.1. The average Bonchev–Trinajstić information content (AvgIpc) is 3.74. The molecule has 1 aliphatic rings. The molecule has 0 aliphatic heterocycles. The number of ether oxygens (including phenoxy) is 1. The van der Waals surface area contributed by atoms with Gasteiger partial charge in [-0.15, -0.1) is 0 Å². The number of rotatable bonds is 8. The topological polar surface area (TPSA) is 89.9 Å². The highest BCUT2D eigenvalue weighted by atomic mass is 19.1. The van der Waals surface area contributed by atoms with E-state index >= 15 is 4.39 Å². The number of nitrogens with two attached hydrogens (primary N) is 1. The molecule has 5 aromatic rings. The molecule has 0 radical (unpaired) electrons. The van der Waals surface area contributed by atoms with E-state index in [4.69, 9.17) is 10.5 Å². The number of benzene rings is 3. The minimum absolute atomic E-state index is 0.0641. The van der Waals surface area contributed by atoms with Gasteiger partial charge in [-0.3, -0.25) is 9.59 Å². The Kier molecular flexibility index (Phi) is 6.94. The zero-order chi connectivity index (χ0) is 29.5. The lowest BCUT2D eigenvalue weighted by molar-refractivity contribution is 0.0979. The fourth-order valence-electron chi connectivity index (χ4n) is 5.32. The number of nitrogens with zero attached hydrogens (tertiary/aromatic N) is 3. The molecule has 1 saturated carbocycles. The second-order valence-corrected chi connectivity index (χ2v) is 10.4. The van der Waals surface area contributed by atoms with Gasteiger partial charge in [0.15, 0.2) is 5.82 Å². The standard InChI is InChI=1S/C33H28F2N4O3/c1-19-16-27(42-2)26(33(41)39(25-12-13-25)24-6-4-3-5-7-24)18-22(19)17-21-14-15-38-31(29(21)35)28(32(36)40)30(37-38)20-8-10-23(34)11-9-20/h3-11,14-16,18,25H,12-13,17H2,1-2H3,(H2,36,40). The van der Waals surface area contributed by atoms with Crippen molar-refractivity contribution in [3.63, 3.8) is 0 Å². The summed E-state index contributed by atoms with van der Waals surface area (Å²) < 4.78 is 36.5. The average molecular weight is 567 g/mol. The zero-order valence-electron chi connectivity index (χ0n) is 23.1. The van der Waals surface area contributed by atoms with Crippen LogP contribution in [-0.4, -0.2) is 34.6 Å². The van der Waals surface area contributed by atoms with E-state index in [2.05, 4.69) is 5.10 Å². The fraction of sp³-hybridized carbons (Fsp3) is 0.182. The van der Waals surface area contributed by atoms with Crippen molar-refractivity contribution in [3.05, 3.63) is 118 Å². The van der Waals surface area contributed by atoms with Gasteiger partial charge in [-0.25, -0.2) is 13.3 Å². The second kappa shape index (κ2) is 10.7. The molecule has 6 rings (SSSR count). The minimum Gasteiger partial charge on any atom is -0.496 e. The molecule has 0 spiro atoms. The van der Waals surface area contributed by atoms with Crippen molar-refractivity contribution in [2.45, 2.75) is 32.2 Å². The second-order valence-electron chi connectivity index (χ2n) is 10.4. The van der Waals surface area contributed by atoms with Crippen molar-refractivity contribution in [1.29, 1.82) is 0 Å². The summed E-state index contributed by atoms with van der Waals surface area (Å²) in [5.74, 6) is -1.70. The van der Waals surface area contributed by atoms with E-state index in [0.29, 0.717) is 22.4 Å².